The van der Waals surface area contributed by atoms with Crippen molar-refractivity contribution in [2.75, 3.05) is 36.7 Å². The zero-order chi connectivity index (χ0) is 19.5. The average Bonchev–Trinajstić information content (AvgIpc) is 2.55. The summed E-state index contributed by atoms with van der Waals surface area (Å²) in [6, 6.07) is 2.40. The van der Waals surface area contributed by atoms with Crippen molar-refractivity contribution < 1.29 is 22.7 Å². The highest BCUT2D eigenvalue weighted by atomic mass is 35.5. The molecule has 11 heteroatoms. The smallest absolute Gasteiger partial charge is 0.417 e. The third-order valence-electron chi connectivity index (χ3n) is 3.13. The largest absolute Gasteiger partial charge is 0.467 e. The summed E-state index contributed by atoms with van der Waals surface area (Å²) in [5, 5.41) is 4.33. The van der Waals surface area contributed by atoms with E-state index in [4.69, 9.17) is 16.3 Å². The second-order valence-corrected chi connectivity index (χ2v) is 5.67. The molecule has 0 aliphatic heterocycles. The normalized spacial score (nSPS) is 11.0. The van der Waals surface area contributed by atoms with Gasteiger partial charge in [-0.3, -0.25) is 0 Å². The van der Waals surface area contributed by atoms with E-state index < -0.39 is 22.8 Å². The zero-order valence-corrected chi connectivity index (χ0v) is 14.7. The average molecular weight is 390 g/mol. The van der Waals surface area contributed by atoms with Gasteiger partial charge in [0.05, 0.1) is 23.9 Å². The Hall–Kier alpha value is -2.75. The van der Waals surface area contributed by atoms with Gasteiger partial charge in [-0.25, -0.2) is 9.78 Å². The number of nitrogens with zero attached hydrogens (tertiary/aromatic N) is 3. The van der Waals surface area contributed by atoms with Crippen LogP contribution in [0.4, 0.5) is 35.2 Å². The lowest BCUT2D eigenvalue weighted by atomic mass is 10.2. The van der Waals surface area contributed by atoms with Crippen LogP contribution in [0.25, 0.3) is 0 Å². The fourth-order valence-electron chi connectivity index (χ4n) is 1.99. The number of rotatable bonds is 4. The monoisotopic (exact) mass is 389 g/mol. The topological polar surface area (TPSA) is 79.4 Å². The molecular weight excluding hydrogens is 375 g/mol. The number of ether oxygens (including phenoxy) is 1. The summed E-state index contributed by atoms with van der Waals surface area (Å²) in [6.07, 6.45) is -3.31. The van der Waals surface area contributed by atoms with Gasteiger partial charge in [0.2, 0.25) is 0 Å². The second-order valence-electron chi connectivity index (χ2n) is 5.26. The Bertz CT molecular complexity index is 814. The first-order chi connectivity index (χ1) is 12.1. The fourth-order valence-corrected chi connectivity index (χ4v) is 2.21. The lowest BCUT2D eigenvalue weighted by Gasteiger charge is -2.17. The van der Waals surface area contributed by atoms with Crippen LogP contribution in [0.3, 0.4) is 0 Å². The minimum atomic E-state index is -4.63. The summed E-state index contributed by atoms with van der Waals surface area (Å²) in [5.41, 5.74) is -0.864. The maximum atomic E-state index is 12.9. The molecule has 0 aliphatic carbocycles. The molecule has 1 heterocycles. The molecule has 2 N–H and O–H groups in total. The van der Waals surface area contributed by atoms with Crippen molar-refractivity contribution in [3.63, 3.8) is 0 Å². The van der Waals surface area contributed by atoms with Gasteiger partial charge >= 0.3 is 18.2 Å². The van der Waals surface area contributed by atoms with Gasteiger partial charge in [0, 0.05) is 19.8 Å². The van der Waals surface area contributed by atoms with E-state index in [2.05, 4.69) is 20.6 Å². The van der Waals surface area contributed by atoms with Gasteiger partial charge in [-0.2, -0.15) is 18.2 Å². The van der Waals surface area contributed by atoms with Crippen LogP contribution in [-0.4, -0.2) is 37.2 Å². The molecule has 7 nitrogen and oxygen atoms in total. The molecule has 0 spiro atoms. The molecule has 2 rings (SSSR count). The molecule has 0 atom stereocenters. The van der Waals surface area contributed by atoms with E-state index in [0.717, 1.165) is 12.1 Å². The van der Waals surface area contributed by atoms with Crippen LogP contribution in [0.1, 0.15) is 5.56 Å². The molecule has 1 aromatic carbocycles. The molecule has 2 aromatic rings. The van der Waals surface area contributed by atoms with Crippen LogP contribution in [0, 0.1) is 0 Å². The molecule has 0 saturated heterocycles. The van der Waals surface area contributed by atoms with Crippen molar-refractivity contribution in [2.24, 2.45) is 0 Å². The predicted octanol–water partition coefficient (Wildman–Crippen LogP) is 3.87. The molecule has 140 valence electrons. The van der Waals surface area contributed by atoms with Gasteiger partial charge in [-0.1, -0.05) is 11.6 Å². The molecule has 26 heavy (non-hydrogen) atoms. The number of carbonyl (C=O) groups excluding carboxylic acids is 1. The molecule has 0 aliphatic rings. The van der Waals surface area contributed by atoms with E-state index in [1.165, 1.54) is 19.4 Å². The Morgan fingerprint density at radius 3 is 2.54 bits per heavy atom. The van der Waals surface area contributed by atoms with Gasteiger partial charge in [-0.15, -0.1) is 0 Å². The van der Waals surface area contributed by atoms with Crippen LogP contribution in [-0.2, 0) is 6.18 Å². The van der Waals surface area contributed by atoms with E-state index in [9.17, 15) is 18.0 Å². The Labute approximate surface area is 152 Å². The van der Waals surface area contributed by atoms with E-state index in [1.807, 2.05) is 0 Å². The maximum Gasteiger partial charge on any atom is 0.417 e. The lowest BCUT2D eigenvalue weighted by Crippen LogP contribution is -2.23. The minimum absolute atomic E-state index is 0.0694. The van der Waals surface area contributed by atoms with E-state index in [-0.39, 0.29) is 17.4 Å². The summed E-state index contributed by atoms with van der Waals surface area (Å²) in [5.74, 6) is 0.360. The van der Waals surface area contributed by atoms with Gasteiger partial charge < -0.3 is 20.3 Å². The molecule has 2 amide bonds. The first-order valence-corrected chi connectivity index (χ1v) is 7.52. The van der Waals surface area contributed by atoms with Crippen molar-refractivity contribution in [2.45, 2.75) is 6.18 Å². The van der Waals surface area contributed by atoms with E-state index in [0.29, 0.717) is 5.82 Å². The highest BCUT2D eigenvalue weighted by Crippen LogP contribution is 2.36. The standard InChI is InChI=1S/C15H15ClF3N5O2/c1-24(2)12-11(7-20-14(23-12)26-3)22-13(25)21-8-4-5-10(16)9(6-8)15(17,18)19/h4-7H,1-3H3,(H2,21,22,25). The fraction of sp³-hybridized carbons (Fsp3) is 0.267. The van der Waals surface area contributed by atoms with Crippen LogP contribution in [0.15, 0.2) is 24.4 Å². The molecular formula is C15H15ClF3N5O2. The summed E-state index contributed by atoms with van der Waals surface area (Å²) in [4.78, 5) is 21.7. The highest BCUT2D eigenvalue weighted by molar-refractivity contribution is 6.31. The number of amides is 2. The number of urea groups is 1. The predicted molar refractivity (Wildman–Crippen MR) is 92.0 cm³/mol. The number of halogens is 4. The molecule has 0 fully saturated rings. The number of carbonyl (C=O) groups is 1. The summed E-state index contributed by atoms with van der Waals surface area (Å²) < 4.78 is 43.6. The molecule has 0 unspecified atom stereocenters. The van der Waals surface area contributed by atoms with Gasteiger partial charge in [-0.05, 0) is 18.2 Å². The van der Waals surface area contributed by atoms with E-state index in [1.54, 1.807) is 19.0 Å². The minimum Gasteiger partial charge on any atom is -0.467 e. The third kappa shape index (κ3) is 4.66. The highest BCUT2D eigenvalue weighted by Gasteiger charge is 2.33. The third-order valence-corrected chi connectivity index (χ3v) is 3.46. The number of hydrogen-bond donors (Lipinski definition) is 2. The van der Waals surface area contributed by atoms with Gasteiger partial charge in [0.15, 0.2) is 5.82 Å². The number of hydrogen-bond acceptors (Lipinski definition) is 5. The SMILES string of the molecule is COc1ncc(NC(=O)Nc2ccc(Cl)c(C(F)(F)F)c2)c(N(C)C)n1. The van der Waals surface area contributed by atoms with Crippen molar-refractivity contribution in [3.8, 4) is 6.01 Å². The number of nitrogens with one attached hydrogen (secondary N) is 2. The van der Waals surface area contributed by atoms with Crippen molar-refractivity contribution in [1.29, 1.82) is 0 Å². The number of alkyl halides is 3. The van der Waals surface area contributed by atoms with Gasteiger partial charge in [0.25, 0.3) is 0 Å². The Kier molecular flexibility index (Phi) is 5.76. The maximum absolute atomic E-state index is 12.9. The van der Waals surface area contributed by atoms with Crippen LogP contribution >= 0.6 is 11.6 Å². The molecule has 0 radical (unpaired) electrons. The van der Waals surface area contributed by atoms with Crippen LogP contribution in [0.2, 0.25) is 5.02 Å². The first-order valence-electron chi connectivity index (χ1n) is 7.15. The van der Waals surface area contributed by atoms with Crippen molar-refractivity contribution in [3.05, 3.63) is 35.0 Å². The van der Waals surface area contributed by atoms with E-state index >= 15 is 0 Å². The molecule has 0 bridgehead atoms. The first kappa shape index (κ1) is 19.6. The van der Waals surface area contributed by atoms with Crippen LogP contribution < -0.4 is 20.3 Å². The Balaban J connectivity index is 2.20. The van der Waals surface area contributed by atoms with Crippen LogP contribution in [0.5, 0.6) is 6.01 Å². The number of methoxy groups -OCH3 is 1. The zero-order valence-electron chi connectivity index (χ0n) is 14.0. The lowest BCUT2D eigenvalue weighted by molar-refractivity contribution is -0.137. The Morgan fingerprint density at radius 1 is 1.27 bits per heavy atom. The number of anilines is 3. The summed E-state index contributed by atoms with van der Waals surface area (Å²) in [6.45, 7) is 0. The molecule has 0 saturated carbocycles. The number of benzene rings is 1. The summed E-state index contributed by atoms with van der Waals surface area (Å²) in [7, 11) is 4.78. The summed E-state index contributed by atoms with van der Waals surface area (Å²) >= 11 is 5.55. The number of aromatic nitrogens is 2. The molecule has 1 aromatic heterocycles. The Morgan fingerprint density at radius 2 is 1.96 bits per heavy atom. The van der Waals surface area contributed by atoms with Crippen molar-refractivity contribution in [1.82, 2.24) is 9.97 Å². The quantitative estimate of drug-likeness (QED) is 0.830. The van der Waals surface area contributed by atoms with Crippen molar-refractivity contribution >= 4 is 34.8 Å². The second kappa shape index (κ2) is 7.65. The van der Waals surface area contributed by atoms with Gasteiger partial charge in [0.1, 0.15) is 5.69 Å².